The van der Waals surface area contributed by atoms with Crippen LogP contribution in [-0.4, -0.2) is 17.6 Å². The third-order valence-corrected chi connectivity index (χ3v) is 0. The molecular formula is C6H20ClHfNSi2-2. The minimum absolute atomic E-state index is 0. The van der Waals surface area contributed by atoms with Crippen LogP contribution < -0.4 is 12.4 Å². The van der Waals surface area contributed by atoms with Crippen molar-refractivity contribution in [2.75, 3.05) is 0 Å². The Bertz CT molecular complexity index is 36.1. The summed E-state index contributed by atoms with van der Waals surface area (Å²) in [6.45, 7) is 13.6. The molecule has 1 nitrogen and oxygen atoms in total. The van der Waals surface area contributed by atoms with Gasteiger partial charge in [-0.05, 0) is 0 Å². The van der Waals surface area contributed by atoms with E-state index in [0.29, 0.717) is 0 Å². The number of hydrogen-bond donors (Lipinski definition) is 0. The zero-order valence-corrected chi connectivity index (χ0v) is 14.8. The van der Waals surface area contributed by atoms with E-state index in [1.54, 1.807) is 0 Å². The first kappa shape index (κ1) is 29.4. The van der Waals surface area contributed by atoms with Crippen LogP contribution in [0.25, 0.3) is 6.15 Å². The van der Waals surface area contributed by atoms with Gasteiger partial charge in [-0.2, -0.15) is 0 Å². The van der Waals surface area contributed by atoms with E-state index in [1.165, 1.54) is 0 Å². The first-order valence-electron chi connectivity index (χ1n) is 3.00. The normalized spacial score (nSPS) is 6.55. The number of halogens is 1. The zero-order chi connectivity index (χ0) is 7.15. The molecule has 0 aromatic heterocycles. The first-order chi connectivity index (χ1) is 3.46. The molecule has 0 saturated heterocycles. The summed E-state index contributed by atoms with van der Waals surface area (Å²) >= 11 is 0. The fraction of sp³-hybridized carbons (Fsp3) is 1.00. The maximum absolute atomic E-state index is 2.27. The second-order valence-corrected chi connectivity index (χ2v) is 9.00. The van der Waals surface area contributed by atoms with E-state index in [2.05, 4.69) is 39.3 Å². The van der Waals surface area contributed by atoms with Crippen LogP contribution in [0.2, 0.25) is 39.3 Å². The Labute approximate surface area is 101 Å². The summed E-state index contributed by atoms with van der Waals surface area (Å²) in [6.07, 6.45) is 0. The summed E-state index contributed by atoms with van der Waals surface area (Å²) in [6, 6.07) is 0. The van der Waals surface area contributed by atoms with Crippen molar-refractivity contribution >= 4 is 17.6 Å². The molecule has 70 valence electrons. The predicted molar refractivity (Wildman–Crippen MR) is 52.0 cm³/mol. The van der Waals surface area contributed by atoms with Crippen LogP contribution in [-0.2, 0) is 25.8 Å². The molecule has 2 radical (unpaired) electrons. The van der Waals surface area contributed by atoms with Crippen molar-refractivity contribution in [2.24, 2.45) is 0 Å². The average molecular weight is 376 g/mol. The second kappa shape index (κ2) is 22.6. The van der Waals surface area contributed by atoms with E-state index >= 15 is 0 Å². The molecule has 2 N–H and O–H groups in total. The van der Waals surface area contributed by atoms with Gasteiger partial charge in [0.15, 0.2) is 0 Å². The molecular weight excluding hydrogens is 356 g/mol. The van der Waals surface area contributed by atoms with E-state index in [4.69, 9.17) is 0 Å². The molecule has 0 amide bonds. The maximum Gasteiger partial charge on any atom is 0.0379 e. The van der Waals surface area contributed by atoms with Gasteiger partial charge in [0, 0.05) is 43.4 Å². The molecule has 0 spiro atoms. The fourth-order valence-electron chi connectivity index (χ4n) is 0. The summed E-state index contributed by atoms with van der Waals surface area (Å²) < 4.78 is 0. The molecule has 0 fully saturated rings. The quantitative estimate of drug-likeness (QED) is 0.551. The Morgan fingerprint density at radius 1 is 0.636 bits per heavy atom. The van der Waals surface area contributed by atoms with Crippen molar-refractivity contribution in [3.8, 4) is 0 Å². The van der Waals surface area contributed by atoms with E-state index in [1.807, 2.05) is 0 Å². The van der Waals surface area contributed by atoms with Gasteiger partial charge in [-0.25, -0.2) is 0 Å². The topological polar surface area (TPSA) is 33.5 Å². The van der Waals surface area contributed by atoms with Gasteiger partial charge in [0.05, 0.1) is 0 Å². The third-order valence-electron chi connectivity index (χ3n) is 0. The Morgan fingerprint density at radius 2 is 0.636 bits per heavy atom. The summed E-state index contributed by atoms with van der Waals surface area (Å²) in [7, 11) is 0.241. The molecule has 0 aliphatic heterocycles. The Kier molecular flexibility index (Phi) is 60.2. The SMILES string of the molecule is C[Si](C)C.C[Si](C)C.[Cl-].[Hf].[NH2-]. The van der Waals surface area contributed by atoms with Gasteiger partial charge < -0.3 is 18.6 Å². The Balaban J connectivity index is -0.0000000171. The summed E-state index contributed by atoms with van der Waals surface area (Å²) in [5.74, 6) is 0. The first-order valence-corrected chi connectivity index (χ1v) is 9.00. The molecule has 0 unspecified atom stereocenters. The Morgan fingerprint density at radius 3 is 0.636 bits per heavy atom. The van der Waals surface area contributed by atoms with Crippen LogP contribution in [0, 0.1) is 0 Å². The van der Waals surface area contributed by atoms with Crippen LogP contribution >= 0.6 is 0 Å². The molecule has 0 bridgehead atoms. The minimum Gasteiger partial charge on any atom is -1.00 e. The number of rotatable bonds is 0. The summed E-state index contributed by atoms with van der Waals surface area (Å²) in [4.78, 5) is 0. The fourth-order valence-corrected chi connectivity index (χ4v) is 0. The van der Waals surface area contributed by atoms with Crippen LogP contribution in [0.15, 0.2) is 0 Å². The predicted octanol–water partition coefficient (Wildman–Crippen LogP) is 0.460. The smallest absolute Gasteiger partial charge is 0.0379 e. The largest absolute Gasteiger partial charge is 1.00 e. The van der Waals surface area contributed by atoms with Gasteiger partial charge in [0.25, 0.3) is 0 Å². The second-order valence-electron chi connectivity index (χ2n) is 3.00. The van der Waals surface area contributed by atoms with Gasteiger partial charge in [0.1, 0.15) is 0 Å². The summed E-state index contributed by atoms with van der Waals surface area (Å²) in [5, 5.41) is 0. The molecule has 0 aliphatic carbocycles. The van der Waals surface area contributed by atoms with Crippen molar-refractivity contribution in [3.05, 3.63) is 6.15 Å². The van der Waals surface area contributed by atoms with Crippen molar-refractivity contribution in [3.63, 3.8) is 0 Å². The molecule has 0 aliphatic rings. The van der Waals surface area contributed by atoms with Gasteiger partial charge in [-0.1, -0.05) is 39.3 Å². The molecule has 0 aromatic rings. The van der Waals surface area contributed by atoms with Gasteiger partial charge in [0.2, 0.25) is 0 Å². The van der Waals surface area contributed by atoms with E-state index in [-0.39, 0.29) is 62.0 Å². The van der Waals surface area contributed by atoms with Crippen LogP contribution in [0.1, 0.15) is 0 Å². The number of hydrogen-bond acceptors (Lipinski definition) is 0. The van der Waals surface area contributed by atoms with Crippen molar-refractivity contribution in [1.82, 2.24) is 0 Å². The van der Waals surface area contributed by atoms with Crippen LogP contribution in [0.3, 0.4) is 0 Å². The zero-order valence-electron chi connectivity index (χ0n) is 8.46. The van der Waals surface area contributed by atoms with Crippen LogP contribution in [0.4, 0.5) is 0 Å². The average Bonchev–Trinajstić information content (AvgIpc) is 1.25. The minimum atomic E-state index is 0. The van der Waals surface area contributed by atoms with Gasteiger partial charge >= 0.3 is 0 Å². The van der Waals surface area contributed by atoms with Crippen molar-refractivity contribution in [1.29, 1.82) is 0 Å². The number of nitrogens with two attached hydrogens (primary N) is 1. The van der Waals surface area contributed by atoms with E-state index in [0.717, 1.165) is 0 Å². The van der Waals surface area contributed by atoms with Crippen LogP contribution in [0.5, 0.6) is 0 Å². The molecule has 5 heteroatoms. The third kappa shape index (κ3) is 437. The molecule has 0 heterocycles. The Hall–Kier alpha value is 1.55. The molecule has 0 rings (SSSR count). The molecule has 11 heavy (non-hydrogen) atoms. The van der Waals surface area contributed by atoms with E-state index in [9.17, 15) is 0 Å². The van der Waals surface area contributed by atoms with Crippen molar-refractivity contribution in [2.45, 2.75) is 39.3 Å². The summed E-state index contributed by atoms with van der Waals surface area (Å²) in [5.41, 5.74) is 0. The molecule has 0 aromatic carbocycles. The standard InChI is InChI=1S/2C3H9Si.ClH.Hf.H2N/c2*1-4(2)3;;;/h2*1-3H3;1H;;1H2/q;;;;-1/p-1. The van der Waals surface area contributed by atoms with Crippen molar-refractivity contribution < 1.29 is 38.3 Å². The monoisotopic (exact) mass is 377 g/mol. The van der Waals surface area contributed by atoms with Gasteiger partial charge in [-0.15, -0.1) is 0 Å². The van der Waals surface area contributed by atoms with E-state index < -0.39 is 0 Å². The van der Waals surface area contributed by atoms with Gasteiger partial charge in [-0.3, -0.25) is 0 Å². The maximum atomic E-state index is 2.27. The molecule has 0 atom stereocenters. The molecule has 0 saturated carbocycles.